The van der Waals surface area contributed by atoms with Crippen molar-refractivity contribution in [3.8, 4) is 0 Å². The Balaban J connectivity index is 0.000000280. The third-order valence-corrected chi connectivity index (χ3v) is 2.90. The minimum absolute atomic E-state index is 0.580. The fraction of sp³-hybridized carbons (Fsp3) is 0.455. The van der Waals surface area contributed by atoms with Crippen molar-refractivity contribution in [2.24, 2.45) is 5.14 Å². The van der Waals surface area contributed by atoms with Gasteiger partial charge >= 0.3 is 10.3 Å². The van der Waals surface area contributed by atoms with Gasteiger partial charge in [-0.15, -0.1) is 0 Å². The van der Waals surface area contributed by atoms with E-state index in [1.54, 1.807) is 0 Å². The summed E-state index contributed by atoms with van der Waals surface area (Å²) < 4.78 is 25.2. The van der Waals surface area contributed by atoms with E-state index in [4.69, 9.17) is 24.6 Å². The van der Waals surface area contributed by atoms with Crippen molar-refractivity contribution in [3.63, 3.8) is 0 Å². The summed E-state index contributed by atoms with van der Waals surface area (Å²) in [6.45, 7) is 4.39. The molecule has 0 fully saturated rings. The van der Waals surface area contributed by atoms with Gasteiger partial charge in [-0.1, -0.05) is 24.6 Å². The standard InChI is InChI=1S/C11H14ClN.H3NO3S/c1-8-7-13-5-4-9-2-3-10(12)6-11(8)9;1-5(2,3)4/h2-3,6,8,13H,4-5,7H2,1H3;(H3,1,2,3,4)/t8-;/m0./s1. The van der Waals surface area contributed by atoms with Crippen LogP contribution in [0.1, 0.15) is 24.0 Å². The van der Waals surface area contributed by atoms with Gasteiger partial charge in [0.25, 0.3) is 0 Å². The molecule has 0 saturated heterocycles. The summed E-state index contributed by atoms with van der Waals surface area (Å²) in [4.78, 5) is 0. The molecule has 0 aromatic heterocycles. The van der Waals surface area contributed by atoms with Crippen molar-refractivity contribution in [3.05, 3.63) is 34.3 Å². The van der Waals surface area contributed by atoms with Crippen LogP contribution in [0.3, 0.4) is 0 Å². The molecular formula is C11H17ClN2O3S. The first-order valence-corrected chi connectivity index (χ1v) is 7.39. The normalized spacial score (nSPS) is 19.2. The Morgan fingerprint density at radius 2 is 2.11 bits per heavy atom. The highest BCUT2D eigenvalue weighted by Gasteiger charge is 2.13. The lowest BCUT2D eigenvalue weighted by Gasteiger charge is -2.11. The van der Waals surface area contributed by atoms with Gasteiger partial charge in [0.2, 0.25) is 0 Å². The Morgan fingerprint density at radius 1 is 1.50 bits per heavy atom. The number of benzene rings is 1. The average molecular weight is 293 g/mol. The molecule has 1 atom stereocenters. The molecule has 0 unspecified atom stereocenters. The van der Waals surface area contributed by atoms with Crippen molar-refractivity contribution in [1.82, 2.24) is 5.32 Å². The monoisotopic (exact) mass is 292 g/mol. The molecule has 4 N–H and O–H groups in total. The first-order chi connectivity index (χ1) is 8.27. The third-order valence-electron chi connectivity index (χ3n) is 2.66. The number of fused-ring (bicyclic) bond motifs is 1. The van der Waals surface area contributed by atoms with Crippen LogP contribution < -0.4 is 10.5 Å². The molecule has 18 heavy (non-hydrogen) atoms. The minimum atomic E-state index is -4.17. The second-order valence-corrected chi connectivity index (χ2v) is 5.68. The summed E-state index contributed by atoms with van der Waals surface area (Å²) in [5, 5.41) is 8.16. The second kappa shape index (κ2) is 6.49. The molecule has 5 nitrogen and oxygen atoms in total. The maximum Gasteiger partial charge on any atom is 0.330 e. The van der Waals surface area contributed by atoms with Gasteiger partial charge in [-0.2, -0.15) is 8.42 Å². The molecule has 2 rings (SSSR count). The minimum Gasteiger partial charge on any atom is -0.316 e. The highest BCUT2D eigenvalue weighted by Crippen LogP contribution is 2.25. The molecule has 0 aliphatic carbocycles. The molecule has 0 saturated carbocycles. The molecular weight excluding hydrogens is 276 g/mol. The maximum atomic E-state index is 8.97. The smallest absolute Gasteiger partial charge is 0.316 e. The van der Waals surface area contributed by atoms with Crippen molar-refractivity contribution in [1.29, 1.82) is 0 Å². The summed E-state index contributed by atoms with van der Waals surface area (Å²) in [5.74, 6) is 0.580. The van der Waals surface area contributed by atoms with Crippen molar-refractivity contribution < 1.29 is 13.0 Å². The Hall–Kier alpha value is -0.660. The molecule has 1 aromatic rings. The molecule has 1 aromatic carbocycles. The molecule has 0 amide bonds. The van der Waals surface area contributed by atoms with Crippen LogP contribution in [-0.4, -0.2) is 26.1 Å². The van der Waals surface area contributed by atoms with E-state index < -0.39 is 10.3 Å². The van der Waals surface area contributed by atoms with Crippen LogP contribution in [0.15, 0.2) is 18.2 Å². The van der Waals surface area contributed by atoms with E-state index in [9.17, 15) is 0 Å². The largest absolute Gasteiger partial charge is 0.330 e. The summed E-state index contributed by atoms with van der Waals surface area (Å²) in [7, 11) is -4.17. The van der Waals surface area contributed by atoms with Gasteiger partial charge in [0, 0.05) is 11.6 Å². The van der Waals surface area contributed by atoms with Crippen LogP contribution in [0.2, 0.25) is 5.02 Å². The molecule has 0 bridgehead atoms. The summed E-state index contributed by atoms with van der Waals surface area (Å²) in [6.07, 6.45) is 1.12. The molecule has 1 aliphatic rings. The van der Waals surface area contributed by atoms with Crippen molar-refractivity contribution in [2.75, 3.05) is 13.1 Å². The zero-order valence-electron chi connectivity index (χ0n) is 10.1. The molecule has 7 heteroatoms. The molecule has 102 valence electrons. The lowest BCUT2D eigenvalue weighted by Crippen LogP contribution is -2.18. The summed E-state index contributed by atoms with van der Waals surface area (Å²) >= 11 is 5.97. The van der Waals surface area contributed by atoms with Gasteiger partial charge < -0.3 is 5.32 Å². The fourth-order valence-corrected chi connectivity index (χ4v) is 2.08. The van der Waals surface area contributed by atoms with Gasteiger partial charge in [0.15, 0.2) is 0 Å². The van der Waals surface area contributed by atoms with Crippen LogP contribution >= 0.6 is 11.6 Å². The van der Waals surface area contributed by atoms with E-state index >= 15 is 0 Å². The Morgan fingerprint density at radius 3 is 2.72 bits per heavy atom. The third kappa shape index (κ3) is 5.79. The number of nitrogens with one attached hydrogen (secondary N) is 1. The van der Waals surface area contributed by atoms with E-state index in [0.29, 0.717) is 5.92 Å². The number of rotatable bonds is 0. The Kier molecular flexibility index (Phi) is 5.55. The zero-order chi connectivity index (χ0) is 13.8. The lowest BCUT2D eigenvalue weighted by molar-refractivity contribution is 0.485. The number of halogens is 1. The number of hydrogen-bond donors (Lipinski definition) is 3. The number of hydrogen-bond acceptors (Lipinski definition) is 3. The first-order valence-electron chi connectivity index (χ1n) is 5.51. The summed E-state index contributed by atoms with van der Waals surface area (Å²) in [5.41, 5.74) is 2.86. The van der Waals surface area contributed by atoms with Gasteiger partial charge in [-0.05, 0) is 42.1 Å². The number of nitrogens with two attached hydrogens (primary N) is 1. The van der Waals surface area contributed by atoms with Crippen LogP contribution in [0.5, 0.6) is 0 Å². The topological polar surface area (TPSA) is 92.4 Å². The van der Waals surface area contributed by atoms with Crippen LogP contribution in [0, 0.1) is 0 Å². The van der Waals surface area contributed by atoms with E-state index in [1.165, 1.54) is 11.1 Å². The Bertz CT molecular complexity index is 497. The highest BCUT2D eigenvalue weighted by molar-refractivity contribution is 7.83. The SMILES string of the molecule is C[C@H]1CNCCc2ccc(Cl)cc21.NS(=O)(=O)O. The second-order valence-electron chi connectivity index (χ2n) is 4.21. The Labute approximate surface area is 112 Å². The van der Waals surface area contributed by atoms with Gasteiger partial charge in [0.1, 0.15) is 0 Å². The van der Waals surface area contributed by atoms with Gasteiger partial charge in [-0.25, -0.2) is 5.14 Å². The first kappa shape index (κ1) is 15.4. The van der Waals surface area contributed by atoms with Gasteiger partial charge in [-0.3, -0.25) is 4.55 Å². The quantitative estimate of drug-likeness (QED) is 0.629. The van der Waals surface area contributed by atoms with Gasteiger partial charge in [0.05, 0.1) is 0 Å². The van der Waals surface area contributed by atoms with Crippen LogP contribution in [0.4, 0.5) is 0 Å². The van der Waals surface area contributed by atoms with Crippen LogP contribution in [-0.2, 0) is 16.7 Å². The highest BCUT2D eigenvalue weighted by atomic mass is 35.5. The van der Waals surface area contributed by atoms with E-state index in [-0.39, 0.29) is 0 Å². The van der Waals surface area contributed by atoms with Crippen LogP contribution in [0.25, 0.3) is 0 Å². The lowest BCUT2D eigenvalue weighted by atomic mass is 9.96. The predicted molar refractivity (Wildman–Crippen MR) is 72.2 cm³/mol. The fourth-order valence-electron chi connectivity index (χ4n) is 1.90. The van der Waals surface area contributed by atoms with Crippen molar-refractivity contribution >= 4 is 21.9 Å². The van der Waals surface area contributed by atoms with E-state index in [0.717, 1.165) is 24.5 Å². The average Bonchev–Trinajstić information content (AvgIpc) is 2.39. The maximum absolute atomic E-state index is 8.97. The molecule has 1 aliphatic heterocycles. The summed E-state index contributed by atoms with van der Waals surface area (Å²) in [6, 6.07) is 6.24. The van der Waals surface area contributed by atoms with E-state index in [2.05, 4.69) is 29.5 Å². The zero-order valence-corrected chi connectivity index (χ0v) is 11.6. The molecule has 1 heterocycles. The molecule has 0 spiro atoms. The molecule has 0 radical (unpaired) electrons. The van der Waals surface area contributed by atoms with E-state index in [1.807, 2.05) is 6.07 Å². The predicted octanol–water partition coefficient (Wildman–Crippen LogP) is 1.34. The van der Waals surface area contributed by atoms with Crippen molar-refractivity contribution in [2.45, 2.75) is 19.3 Å².